The fourth-order valence-corrected chi connectivity index (χ4v) is 5.17. The van der Waals surface area contributed by atoms with Crippen molar-refractivity contribution in [3.8, 4) is 0 Å². The lowest BCUT2D eigenvalue weighted by atomic mass is 9.94. The first-order valence-corrected chi connectivity index (χ1v) is 10.8. The molecular weight excluding hydrogens is 372 g/mol. The van der Waals surface area contributed by atoms with E-state index in [9.17, 15) is 8.42 Å². The summed E-state index contributed by atoms with van der Waals surface area (Å²) in [4.78, 5) is 4.06. The molecule has 1 N–H and O–H groups in total. The molecule has 1 aromatic heterocycles. The molecule has 0 aliphatic carbocycles. The van der Waals surface area contributed by atoms with Gasteiger partial charge in [-0.3, -0.25) is 0 Å². The Morgan fingerprint density at radius 3 is 2.36 bits per heavy atom. The zero-order valence-corrected chi connectivity index (χ0v) is 16.6. The van der Waals surface area contributed by atoms with Gasteiger partial charge in [-0.15, -0.1) is 0 Å². The van der Waals surface area contributed by atoms with Crippen LogP contribution in [0.2, 0.25) is 0 Å². The van der Waals surface area contributed by atoms with E-state index in [0.717, 1.165) is 5.56 Å². The van der Waals surface area contributed by atoms with Gasteiger partial charge in [0, 0.05) is 44.8 Å². The van der Waals surface area contributed by atoms with Crippen molar-refractivity contribution in [3.63, 3.8) is 0 Å². The number of sulfonamides is 1. The SMILES string of the molecule is Cn1cnc(S(=O)(=O)N2C[C@H](NCc3ccccc3)[C@H](c3ccccc3)C2)c1. The molecule has 146 valence electrons. The summed E-state index contributed by atoms with van der Waals surface area (Å²) in [7, 11) is -1.84. The van der Waals surface area contributed by atoms with Crippen molar-refractivity contribution < 1.29 is 8.42 Å². The summed E-state index contributed by atoms with van der Waals surface area (Å²) in [5.74, 6) is 0.0865. The second-order valence-corrected chi connectivity index (χ2v) is 9.07. The van der Waals surface area contributed by atoms with Crippen LogP contribution in [0.25, 0.3) is 0 Å². The molecule has 6 nitrogen and oxygen atoms in total. The number of aromatic nitrogens is 2. The number of benzene rings is 2. The zero-order chi connectivity index (χ0) is 19.6. The van der Waals surface area contributed by atoms with Crippen molar-refractivity contribution >= 4 is 10.0 Å². The summed E-state index contributed by atoms with van der Waals surface area (Å²) < 4.78 is 29.3. The first kappa shape index (κ1) is 18.9. The molecule has 3 aromatic rings. The van der Waals surface area contributed by atoms with Gasteiger partial charge in [-0.1, -0.05) is 60.7 Å². The van der Waals surface area contributed by atoms with Gasteiger partial charge in [0.25, 0.3) is 10.0 Å². The normalized spacial score (nSPS) is 20.5. The Balaban J connectivity index is 1.58. The zero-order valence-electron chi connectivity index (χ0n) is 15.8. The van der Waals surface area contributed by atoms with Crippen LogP contribution in [-0.2, 0) is 23.6 Å². The van der Waals surface area contributed by atoms with E-state index in [4.69, 9.17) is 0 Å². The lowest BCUT2D eigenvalue weighted by molar-refractivity contribution is 0.454. The average Bonchev–Trinajstić information content (AvgIpc) is 3.35. The molecule has 2 heterocycles. The number of rotatable bonds is 6. The molecule has 1 aliphatic rings. The molecule has 28 heavy (non-hydrogen) atoms. The summed E-state index contributed by atoms with van der Waals surface area (Å²) in [6.45, 7) is 1.56. The van der Waals surface area contributed by atoms with E-state index in [-0.39, 0.29) is 17.0 Å². The van der Waals surface area contributed by atoms with Gasteiger partial charge in [-0.25, -0.2) is 13.4 Å². The summed E-state index contributed by atoms with van der Waals surface area (Å²) in [5.41, 5.74) is 2.33. The van der Waals surface area contributed by atoms with E-state index in [1.54, 1.807) is 22.1 Å². The van der Waals surface area contributed by atoms with Crippen molar-refractivity contribution in [3.05, 3.63) is 84.3 Å². The summed E-state index contributed by atoms with van der Waals surface area (Å²) in [6, 6.07) is 20.3. The molecule has 1 saturated heterocycles. The third-order valence-electron chi connectivity index (χ3n) is 5.21. The number of imidazole rings is 1. The largest absolute Gasteiger partial charge is 0.339 e. The first-order chi connectivity index (χ1) is 13.5. The van der Waals surface area contributed by atoms with Gasteiger partial charge < -0.3 is 9.88 Å². The van der Waals surface area contributed by atoms with Crippen molar-refractivity contribution in [2.24, 2.45) is 7.05 Å². The van der Waals surface area contributed by atoms with Crippen molar-refractivity contribution in [1.29, 1.82) is 0 Å². The lowest BCUT2D eigenvalue weighted by Crippen LogP contribution is -2.36. The maximum absolute atomic E-state index is 13.1. The van der Waals surface area contributed by atoms with E-state index >= 15 is 0 Å². The molecule has 2 atom stereocenters. The highest BCUT2D eigenvalue weighted by atomic mass is 32.2. The van der Waals surface area contributed by atoms with E-state index in [2.05, 4.69) is 34.6 Å². The topological polar surface area (TPSA) is 67.2 Å². The fourth-order valence-electron chi connectivity index (χ4n) is 3.71. The van der Waals surface area contributed by atoms with E-state index in [1.165, 1.54) is 11.9 Å². The molecule has 0 bridgehead atoms. The van der Waals surface area contributed by atoms with Crippen molar-refractivity contribution in [2.75, 3.05) is 13.1 Å². The molecule has 0 amide bonds. The minimum Gasteiger partial charge on any atom is -0.339 e. The number of hydrogen-bond acceptors (Lipinski definition) is 4. The highest BCUT2D eigenvalue weighted by molar-refractivity contribution is 7.89. The van der Waals surface area contributed by atoms with E-state index in [0.29, 0.717) is 19.6 Å². The molecule has 1 aliphatic heterocycles. The second-order valence-electron chi connectivity index (χ2n) is 7.19. The van der Waals surface area contributed by atoms with Gasteiger partial charge in [0.1, 0.15) is 0 Å². The smallest absolute Gasteiger partial charge is 0.262 e. The lowest BCUT2D eigenvalue weighted by Gasteiger charge is -2.20. The van der Waals surface area contributed by atoms with Crippen LogP contribution >= 0.6 is 0 Å². The summed E-state index contributed by atoms with van der Waals surface area (Å²) >= 11 is 0. The van der Waals surface area contributed by atoms with Gasteiger partial charge in [0.2, 0.25) is 0 Å². The van der Waals surface area contributed by atoms with Gasteiger partial charge in [-0.05, 0) is 11.1 Å². The van der Waals surface area contributed by atoms with Crippen molar-refractivity contribution in [1.82, 2.24) is 19.2 Å². The number of aryl methyl sites for hydroxylation is 1. The number of nitrogens with one attached hydrogen (secondary N) is 1. The Hall–Kier alpha value is -2.48. The highest BCUT2D eigenvalue weighted by Crippen LogP contribution is 2.31. The van der Waals surface area contributed by atoms with Crippen LogP contribution in [0.3, 0.4) is 0 Å². The summed E-state index contributed by atoms with van der Waals surface area (Å²) in [5, 5.41) is 3.68. The predicted octanol–water partition coefficient (Wildman–Crippen LogP) is 2.37. The van der Waals surface area contributed by atoms with Gasteiger partial charge in [-0.2, -0.15) is 4.31 Å². The maximum Gasteiger partial charge on any atom is 0.262 e. The molecule has 0 radical (unpaired) electrons. The molecule has 7 heteroatoms. The Kier molecular flexibility index (Phi) is 5.30. The van der Waals surface area contributed by atoms with Gasteiger partial charge in [0.05, 0.1) is 6.33 Å². The summed E-state index contributed by atoms with van der Waals surface area (Å²) in [6.07, 6.45) is 3.07. The Bertz CT molecular complexity index is 1020. The monoisotopic (exact) mass is 396 g/mol. The Morgan fingerprint density at radius 2 is 1.71 bits per heavy atom. The van der Waals surface area contributed by atoms with Crippen LogP contribution in [0.4, 0.5) is 0 Å². The maximum atomic E-state index is 13.1. The standard InChI is InChI=1S/C21H24N4O2S/c1-24-15-21(23-16-24)28(26,27)25-13-19(18-10-6-3-7-11-18)20(14-25)22-12-17-8-4-2-5-9-17/h2-11,15-16,19-20,22H,12-14H2,1H3/t19-,20-/m0/s1. The van der Waals surface area contributed by atoms with Gasteiger partial charge >= 0.3 is 0 Å². The minimum absolute atomic E-state index is 0.0288. The van der Waals surface area contributed by atoms with Crippen LogP contribution in [0.5, 0.6) is 0 Å². The van der Waals surface area contributed by atoms with Crippen LogP contribution in [0.1, 0.15) is 17.0 Å². The van der Waals surface area contributed by atoms with Crippen LogP contribution in [0, 0.1) is 0 Å². The highest BCUT2D eigenvalue weighted by Gasteiger charge is 2.40. The molecule has 0 saturated carbocycles. The first-order valence-electron chi connectivity index (χ1n) is 9.34. The van der Waals surface area contributed by atoms with Gasteiger partial charge in [0.15, 0.2) is 5.03 Å². The minimum atomic E-state index is -3.61. The second kappa shape index (κ2) is 7.87. The quantitative estimate of drug-likeness (QED) is 0.695. The Labute approximate surface area is 165 Å². The molecule has 1 fully saturated rings. The number of hydrogen-bond donors (Lipinski definition) is 1. The molecular formula is C21H24N4O2S. The van der Waals surface area contributed by atoms with Crippen molar-refractivity contribution in [2.45, 2.75) is 23.5 Å². The molecule has 0 unspecified atom stereocenters. The third-order valence-corrected chi connectivity index (χ3v) is 6.93. The molecule has 4 rings (SSSR count). The molecule has 0 spiro atoms. The predicted molar refractivity (Wildman–Crippen MR) is 108 cm³/mol. The van der Waals surface area contributed by atoms with Crippen LogP contribution < -0.4 is 5.32 Å². The van der Waals surface area contributed by atoms with Crippen LogP contribution in [0.15, 0.2) is 78.2 Å². The van der Waals surface area contributed by atoms with Crippen LogP contribution in [-0.4, -0.2) is 41.4 Å². The third kappa shape index (κ3) is 3.87. The van der Waals surface area contributed by atoms with E-state index in [1.807, 2.05) is 36.4 Å². The Morgan fingerprint density at radius 1 is 1.04 bits per heavy atom. The fraction of sp³-hybridized carbons (Fsp3) is 0.286. The number of nitrogens with zero attached hydrogens (tertiary/aromatic N) is 3. The molecule has 2 aromatic carbocycles. The average molecular weight is 397 g/mol. The van der Waals surface area contributed by atoms with E-state index < -0.39 is 10.0 Å².